The van der Waals surface area contributed by atoms with Gasteiger partial charge in [0.05, 0.1) is 25.5 Å². The van der Waals surface area contributed by atoms with Crippen LogP contribution in [-0.2, 0) is 23.5 Å². The van der Waals surface area contributed by atoms with Gasteiger partial charge in [-0.05, 0) is 17.7 Å². The monoisotopic (exact) mass is 314 g/mol. The van der Waals surface area contributed by atoms with Crippen LogP contribution in [-0.4, -0.2) is 34.0 Å². The zero-order valence-electron chi connectivity index (χ0n) is 12.3. The van der Waals surface area contributed by atoms with Crippen LogP contribution in [0.2, 0.25) is 0 Å². The number of rotatable bonds is 2. The van der Waals surface area contributed by atoms with Crippen molar-refractivity contribution in [3.8, 4) is 0 Å². The van der Waals surface area contributed by atoms with E-state index in [-0.39, 0.29) is 25.1 Å². The van der Waals surface area contributed by atoms with Crippen LogP contribution < -0.4 is 5.73 Å². The number of ether oxygens (including phenoxy) is 1. The maximum absolute atomic E-state index is 14.4. The lowest BCUT2D eigenvalue weighted by molar-refractivity contribution is -0.135. The third-order valence-electron chi connectivity index (χ3n) is 4.25. The maximum Gasteiger partial charge on any atom is 0.254 e. The largest absolute Gasteiger partial charge is 0.374 e. The molecule has 1 amide bonds. The van der Waals surface area contributed by atoms with Gasteiger partial charge in [-0.15, -0.1) is 0 Å². The van der Waals surface area contributed by atoms with Gasteiger partial charge < -0.3 is 15.4 Å². The van der Waals surface area contributed by atoms with Gasteiger partial charge in [-0.25, -0.2) is 14.4 Å². The summed E-state index contributed by atoms with van der Waals surface area (Å²) in [5, 5.41) is 0. The summed E-state index contributed by atoms with van der Waals surface area (Å²) in [4.78, 5) is 22.4. The molecule has 4 rings (SSSR count). The van der Waals surface area contributed by atoms with Crippen molar-refractivity contribution >= 4 is 11.9 Å². The first-order valence-electron chi connectivity index (χ1n) is 7.32. The topological polar surface area (TPSA) is 81.3 Å². The number of benzene rings is 1. The van der Waals surface area contributed by atoms with Crippen molar-refractivity contribution in [1.82, 2.24) is 14.9 Å². The molecule has 0 unspecified atom stereocenters. The Hall–Kier alpha value is -2.54. The number of halogens is 1. The Balaban J connectivity index is 1.57. The second-order valence-corrected chi connectivity index (χ2v) is 5.90. The summed E-state index contributed by atoms with van der Waals surface area (Å²) in [7, 11) is 0. The second kappa shape index (κ2) is 4.99. The summed E-state index contributed by atoms with van der Waals surface area (Å²) in [5.41, 5.74) is 6.68. The lowest BCUT2D eigenvalue weighted by Crippen LogP contribution is -2.42. The van der Waals surface area contributed by atoms with E-state index in [1.54, 1.807) is 35.4 Å². The molecule has 0 radical (unpaired) electrons. The van der Waals surface area contributed by atoms with Gasteiger partial charge in [0.1, 0.15) is 0 Å². The number of hydrogen-bond acceptors (Lipinski definition) is 5. The van der Waals surface area contributed by atoms with Crippen molar-refractivity contribution < 1.29 is 13.9 Å². The number of anilines is 1. The molecule has 2 aliphatic rings. The highest BCUT2D eigenvalue weighted by Gasteiger charge is 2.41. The molecule has 1 aromatic carbocycles. The third-order valence-corrected chi connectivity index (χ3v) is 4.25. The number of fused-ring (bicyclic) bond motifs is 1. The fourth-order valence-corrected chi connectivity index (χ4v) is 2.87. The van der Waals surface area contributed by atoms with Gasteiger partial charge in [-0.1, -0.05) is 12.1 Å². The number of nitrogen functional groups attached to an aromatic ring is 1. The average molecular weight is 314 g/mol. The summed E-state index contributed by atoms with van der Waals surface area (Å²) in [5.74, 6) is 0.0386. The normalized spacial score (nSPS) is 18.4. The second-order valence-electron chi connectivity index (χ2n) is 5.90. The van der Waals surface area contributed by atoms with Gasteiger partial charge in [0, 0.05) is 23.9 Å². The van der Waals surface area contributed by atoms with E-state index in [0.29, 0.717) is 24.2 Å². The van der Waals surface area contributed by atoms with E-state index in [9.17, 15) is 9.18 Å². The highest BCUT2D eigenvalue weighted by molar-refractivity contribution is 5.94. The molecule has 2 aromatic rings. The van der Waals surface area contributed by atoms with Gasteiger partial charge in [-0.2, -0.15) is 0 Å². The van der Waals surface area contributed by atoms with E-state index in [0.717, 1.165) is 11.3 Å². The molecule has 118 valence electrons. The zero-order chi connectivity index (χ0) is 16.0. The Labute approximate surface area is 132 Å². The van der Waals surface area contributed by atoms with Crippen molar-refractivity contribution in [3.05, 3.63) is 52.8 Å². The van der Waals surface area contributed by atoms with Gasteiger partial charge >= 0.3 is 0 Å². The zero-order valence-corrected chi connectivity index (χ0v) is 12.3. The summed E-state index contributed by atoms with van der Waals surface area (Å²) in [6.45, 7) is 0.890. The molecule has 7 heteroatoms. The van der Waals surface area contributed by atoms with E-state index in [2.05, 4.69) is 9.97 Å². The quantitative estimate of drug-likeness (QED) is 0.906. The lowest BCUT2D eigenvalue weighted by atomic mass is 9.92. The molecule has 3 heterocycles. The molecule has 1 aromatic heterocycles. The fourth-order valence-electron chi connectivity index (χ4n) is 2.87. The molecule has 2 aliphatic heterocycles. The van der Waals surface area contributed by atoms with Crippen LogP contribution in [0.15, 0.2) is 30.5 Å². The average Bonchev–Trinajstić information content (AvgIpc) is 2.95. The number of nitrogens with two attached hydrogens (primary N) is 1. The predicted molar refractivity (Wildman–Crippen MR) is 80.1 cm³/mol. The summed E-state index contributed by atoms with van der Waals surface area (Å²) in [6, 6.07) is 6.68. The molecule has 2 N–H and O–H groups in total. The molecule has 1 saturated heterocycles. The Morgan fingerprint density at radius 1 is 1.35 bits per heavy atom. The fraction of sp³-hybridized carbons (Fsp3) is 0.312. The van der Waals surface area contributed by atoms with Crippen LogP contribution in [0, 0.1) is 0 Å². The number of carbonyl (C=O) groups excluding carboxylic acids is 1. The molecule has 0 atom stereocenters. The van der Waals surface area contributed by atoms with Crippen molar-refractivity contribution in [2.75, 3.05) is 18.9 Å². The van der Waals surface area contributed by atoms with E-state index in [1.807, 2.05) is 0 Å². The SMILES string of the molecule is Nc1ncc2c(n1)CN(C(=O)c1cccc(C3(F)COC3)c1)C2. The van der Waals surface area contributed by atoms with E-state index >= 15 is 0 Å². The number of alkyl halides is 1. The smallest absolute Gasteiger partial charge is 0.254 e. The molecular formula is C16H15FN4O2. The summed E-state index contributed by atoms with van der Waals surface area (Å²) < 4.78 is 19.4. The van der Waals surface area contributed by atoms with E-state index in [4.69, 9.17) is 10.5 Å². The molecule has 23 heavy (non-hydrogen) atoms. The Morgan fingerprint density at radius 2 is 2.17 bits per heavy atom. The number of amides is 1. The minimum Gasteiger partial charge on any atom is -0.374 e. The highest BCUT2D eigenvalue weighted by Crippen LogP contribution is 2.34. The molecule has 0 saturated carbocycles. The minimum atomic E-state index is -1.48. The van der Waals surface area contributed by atoms with Crippen molar-refractivity contribution in [1.29, 1.82) is 0 Å². The molecule has 6 nitrogen and oxygen atoms in total. The Morgan fingerprint density at radius 3 is 2.91 bits per heavy atom. The molecule has 0 spiro atoms. The number of nitrogens with zero attached hydrogens (tertiary/aromatic N) is 3. The van der Waals surface area contributed by atoms with Crippen LogP contribution in [0.5, 0.6) is 0 Å². The first-order chi connectivity index (χ1) is 11.0. The van der Waals surface area contributed by atoms with Crippen LogP contribution >= 0.6 is 0 Å². The van der Waals surface area contributed by atoms with Crippen LogP contribution in [0.1, 0.15) is 27.2 Å². The van der Waals surface area contributed by atoms with E-state index < -0.39 is 5.67 Å². The predicted octanol–water partition coefficient (Wildman–Crippen LogP) is 1.41. The molecule has 0 bridgehead atoms. The molecule has 1 fully saturated rings. The van der Waals surface area contributed by atoms with Crippen LogP contribution in [0.3, 0.4) is 0 Å². The third kappa shape index (κ3) is 2.33. The van der Waals surface area contributed by atoms with E-state index in [1.165, 1.54) is 0 Å². The van der Waals surface area contributed by atoms with Crippen LogP contribution in [0.25, 0.3) is 0 Å². The maximum atomic E-state index is 14.4. The first kappa shape index (κ1) is 14.1. The molecule has 0 aliphatic carbocycles. The lowest BCUT2D eigenvalue weighted by Gasteiger charge is -2.34. The molecular weight excluding hydrogens is 299 g/mol. The standard InChI is InChI=1S/C16H15FN4O2/c17-16(8-23-9-16)12-3-1-2-10(4-12)14(22)21-6-11-5-19-15(18)20-13(11)7-21/h1-5H,6-9H2,(H2,18,19,20). The highest BCUT2D eigenvalue weighted by atomic mass is 19.1. The van der Waals surface area contributed by atoms with Gasteiger partial charge in [-0.3, -0.25) is 4.79 Å². The summed E-state index contributed by atoms with van der Waals surface area (Å²) in [6.07, 6.45) is 1.64. The van der Waals surface area contributed by atoms with Crippen molar-refractivity contribution in [2.45, 2.75) is 18.8 Å². The van der Waals surface area contributed by atoms with Crippen molar-refractivity contribution in [2.24, 2.45) is 0 Å². The summed E-state index contributed by atoms with van der Waals surface area (Å²) >= 11 is 0. The number of aromatic nitrogens is 2. The number of carbonyl (C=O) groups is 1. The first-order valence-corrected chi connectivity index (χ1v) is 7.32. The minimum absolute atomic E-state index is 0.0364. The van der Waals surface area contributed by atoms with Gasteiger partial charge in [0.15, 0.2) is 5.67 Å². The van der Waals surface area contributed by atoms with Gasteiger partial charge in [0.2, 0.25) is 5.95 Å². The van der Waals surface area contributed by atoms with Crippen molar-refractivity contribution in [3.63, 3.8) is 0 Å². The Bertz CT molecular complexity index is 791. The number of hydrogen-bond donors (Lipinski definition) is 1. The van der Waals surface area contributed by atoms with Gasteiger partial charge in [0.25, 0.3) is 5.91 Å². The van der Waals surface area contributed by atoms with Crippen LogP contribution in [0.4, 0.5) is 10.3 Å². The Kier molecular flexibility index (Phi) is 3.05.